The second-order valence-corrected chi connectivity index (χ2v) is 4.55. The average Bonchev–Trinajstić information content (AvgIpc) is 2.39. The first-order valence-corrected chi connectivity index (χ1v) is 5.99. The second kappa shape index (κ2) is 5.53. The fourth-order valence-electron chi connectivity index (χ4n) is 2.33. The minimum absolute atomic E-state index is 0.392. The van der Waals surface area contributed by atoms with Crippen molar-refractivity contribution in [1.29, 1.82) is 5.26 Å². The summed E-state index contributed by atoms with van der Waals surface area (Å²) in [5.74, 6) is 3.24. The van der Waals surface area contributed by atoms with Gasteiger partial charge in [0.15, 0.2) is 0 Å². The Morgan fingerprint density at radius 1 is 1.47 bits per heavy atom. The molecule has 0 saturated carbocycles. The van der Waals surface area contributed by atoms with Crippen molar-refractivity contribution in [2.75, 3.05) is 13.1 Å². The van der Waals surface area contributed by atoms with Crippen molar-refractivity contribution in [1.82, 2.24) is 4.90 Å². The third-order valence-corrected chi connectivity index (χ3v) is 3.20. The molecule has 0 spiro atoms. The third kappa shape index (κ3) is 3.09. The Kier molecular flexibility index (Phi) is 3.81. The van der Waals surface area contributed by atoms with Gasteiger partial charge in [0.25, 0.3) is 0 Å². The maximum atomic E-state index is 8.86. The molecule has 0 amide bonds. The number of nitrogens with zero attached hydrogens (tertiary/aromatic N) is 2. The zero-order valence-electron chi connectivity index (χ0n) is 9.89. The Bertz CT molecular complexity index is 465. The van der Waals surface area contributed by atoms with Crippen molar-refractivity contribution >= 4 is 0 Å². The van der Waals surface area contributed by atoms with Gasteiger partial charge >= 0.3 is 0 Å². The molecule has 0 bridgehead atoms. The van der Waals surface area contributed by atoms with Crippen LogP contribution in [0.1, 0.15) is 24.0 Å². The van der Waals surface area contributed by atoms with E-state index in [0.29, 0.717) is 5.92 Å². The van der Waals surface area contributed by atoms with E-state index in [-0.39, 0.29) is 0 Å². The summed E-state index contributed by atoms with van der Waals surface area (Å²) >= 11 is 0. The molecule has 1 aromatic carbocycles. The van der Waals surface area contributed by atoms with Crippen molar-refractivity contribution in [3.63, 3.8) is 0 Å². The number of likely N-dealkylation sites (tertiary alicyclic amines) is 1. The topological polar surface area (TPSA) is 27.0 Å². The van der Waals surface area contributed by atoms with Crippen molar-refractivity contribution < 1.29 is 0 Å². The van der Waals surface area contributed by atoms with Gasteiger partial charge in [-0.1, -0.05) is 12.1 Å². The summed E-state index contributed by atoms with van der Waals surface area (Å²) in [6, 6.07) is 9.98. The molecule has 2 nitrogen and oxygen atoms in total. The van der Waals surface area contributed by atoms with Crippen LogP contribution >= 0.6 is 0 Å². The summed E-state index contributed by atoms with van der Waals surface area (Å²) in [4.78, 5) is 2.38. The van der Waals surface area contributed by atoms with Gasteiger partial charge in [0, 0.05) is 19.0 Å². The van der Waals surface area contributed by atoms with Gasteiger partial charge in [-0.15, -0.1) is 12.3 Å². The number of piperidine rings is 1. The summed E-state index contributed by atoms with van der Waals surface area (Å²) < 4.78 is 0. The third-order valence-electron chi connectivity index (χ3n) is 3.20. The summed E-state index contributed by atoms with van der Waals surface area (Å²) in [5.41, 5.74) is 1.93. The van der Waals surface area contributed by atoms with Gasteiger partial charge < -0.3 is 0 Å². The fraction of sp³-hybridized carbons (Fsp3) is 0.400. The predicted octanol–water partition coefficient (Wildman–Crippen LogP) is 2.40. The van der Waals surface area contributed by atoms with Crippen LogP contribution < -0.4 is 0 Å². The van der Waals surface area contributed by atoms with E-state index in [9.17, 15) is 0 Å². The largest absolute Gasteiger partial charge is 0.298 e. The van der Waals surface area contributed by atoms with Crippen LogP contribution in [0.5, 0.6) is 0 Å². The van der Waals surface area contributed by atoms with Crippen LogP contribution in [0.2, 0.25) is 0 Å². The molecule has 1 fully saturated rings. The number of hydrogen-bond donors (Lipinski definition) is 0. The zero-order chi connectivity index (χ0) is 12.1. The average molecular weight is 224 g/mol. The highest BCUT2D eigenvalue weighted by atomic mass is 15.1. The minimum atomic E-state index is 0.392. The molecule has 0 radical (unpaired) electrons. The standard InChI is InChI=1S/C15H16N2/c1-2-13-7-4-8-17(11-13)12-15-6-3-5-14(9-15)10-16/h1,3,5-6,9,13H,4,7-8,11-12H2. The number of nitriles is 1. The lowest BCUT2D eigenvalue weighted by molar-refractivity contribution is 0.193. The van der Waals surface area contributed by atoms with Crippen LogP contribution in [0.25, 0.3) is 0 Å². The molecule has 86 valence electrons. The predicted molar refractivity (Wildman–Crippen MR) is 68.0 cm³/mol. The van der Waals surface area contributed by atoms with Crippen molar-refractivity contribution in [2.45, 2.75) is 19.4 Å². The molecular weight excluding hydrogens is 208 g/mol. The Balaban J connectivity index is 2.01. The van der Waals surface area contributed by atoms with E-state index in [1.807, 2.05) is 18.2 Å². The second-order valence-electron chi connectivity index (χ2n) is 4.55. The highest BCUT2D eigenvalue weighted by Gasteiger charge is 2.17. The fourth-order valence-corrected chi connectivity index (χ4v) is 2.33. The smallest absolute Gasteiger partial charge is 0.0991 e. The van der Waals surface area contributed by atoms with Crippen molar-refractivity contribution in [3.05, 3.63) is 35.4 Å². The monoisotopic (exact) mass is 224 g/mol. The first-order valence-electron chi connectivity index (χ1n) is 5.99. The van der Waals surface area contributed by atoms with Gasteiger partial charge in [-0.2, -0.15) is 5.26 Å². The highest BCUT2D eigenvalue weighted by Crippen LogP contribution is 2.18. The van der Waals surface area contributed by atoms with Gasteiger partial charge in [-0.3, -0.25) is 4.90 Å². The molecule has 1 saturated heterocycles. The summed E-state index contributed by atoms with van der Waals surface area (Å²) in [6.07, 6.45) is 7.80. The first kappa shape index (κ1) is 11.7. The Morgan fingerprint density at radius 2 is 2.35 bits per heavy atom. The quantitative estimate of drug-likeness (QED) is 0.721. The number of benzene rings is 1. The molecule has 1 atom stereocenters. The molecule has 0 N–H and O–H groups in total. The Labute approximate surface area is 103 Å². The molecule has 0 aromatic heterocycles. The van der Waals surface area contributed by atoms with Gasteiger partial charge in [-0.25, -0.2) is 0 Å². The lowest BCUT2D eigenvalue weighted by Gasteiger charge is -2.30. The molecule has 2 heteroatoms. The van der Waals surface area contributed by atoms with Gasteiger partial charge in [0.2, 0.25) is 0 Å². The molecular formula is C15H16N2. The van der Waals surface area contributed by atoms with Gasteiger partial charge in [-0.05, 0) is 37.1 Å². The normalized spacial score (nSPS) is 20.5. The minimum Gasteiger partial charge on any atom is -0.298 e. The molecule has 2 rings (SSSR count). The molecule has 17 heavy (non-hydrogen) atoms. The van der Waals surface area contributed by atoms with Crippen LogP contribution in [0.15, 0.2) is 24.3 Å². The molecule has 1 aliphatic heterocycles. The zero-order valence-corrected chi connectivity index (χ0v) is 9.89. The summed E-state index contributed by atoms with van der Waals surface area (Å²) in [6.45, 7) is 2.98. The molecule has 1 unspecified atom stereocenters. The van der Waals surface area contributed by atoms with Crippen LogP contribution in [0.4, 0.5) is 0 Å². The molecule has 0 aliphatic carbocycles. The Morgan fingerprint density at radius 3 is 3.12 bits per heavy atom. The lowest BCUT2D eigenvalue weighted by atomic mass is 9.98. The number of hydrogen-bond acceptors (Lipinski definition) is 2. The summed E-state index contributed by atoms with van der Waals surface area (Å²) in [5, 5.41) is 8.86. The van der Waals surface area contributed by atoms with Crippen LogP contribution in [-0.2, 0) is 6.54 Å². The maximum absolute atomic E-state index is 8.86. The first-order chi connectivity index (χ1) is 8.31. The molecule has 1 aromatic rings. The van der Waals surface area contributed by atoms with Crippen molar-refractivity contribution in [2.24, 2.45) is 5.92 Å². The summed E-state index contributed by atoms with van der Waals surface area (Å²) in [7, 11) is 0. The van der Waals surface area contributed by atoms with Crippen LogP contribution in [0.3, 0.4) is 0 Å². The molecule has 1 aliphatic rings. The van der Waals surface area contributed by atoms with Crippen molar-refractivity contribution in [3.8, 4) is 18.4 Å². The van der Waals surface area contributed by atoms with E-state index in [0.717, 1.165) is 31.6 Å². The lowest BCUT2D eigenvalue weighted by Crippen LogP contribution is -2.34. The van der Waals surface area contributed by atoms with E-state index < -0.39 is 0 Å². The van der Waals surface area contributed by atoms with Gasteiger partial charge in [0.1, 0.15) is 0 Å². The van der Waals surface area contributed by atoms with E-state index in [1.165, 1.54) is 12.0 Å². The van der Waals surface area contributed by atoms with Gasteiger partial charge in [0.05, 0.1) is 11.6 Å². The van der Waals surface area contributed by atoms with Crippen LogP contribution in [-0.4, -0.2) is 18.0 Å². The highest BCUT2D eigenvalue weighted by molar-refractivity contribution is 5.32. The number of rotatable bonds is 2. The van der Waals surface area contributed by atoms with E-state index in [4.69, 9.17) is 11.7 Å². The van der Waals surface area contributed by atoms with E-state index in [1.54, 1.807) is 0 Å². The molecule has 1 heterocycles. The van der Waals surface area contributed by atoms with E-state index >= 15 is 0 Å². The van der Waals surface area contributed by atoms with Crippen LogP contribution in [0, 0.1) is 29.6 Å². The Hall–Kier alpha value is -1.77. The number of terminal acetylenes is 1. The maximum Gasteiger partial charge on any atom is 0.0991 e. The van der Waals surface area contributed by atoms with E-state index in [2.05, 4.69) is 23.0 Å². The SMILES string of the molecule is C#CC1CCCN(Cc2cccc(C#N)c2)C1.